The highest BCUT2D eigenvalue weighted by molar-refractivity contribution is 5.93. The van der Waals surface area contributed by atoms with Crippen LogP contribution >= 0.6 is 0 Å². The lowest BCUT2D eigenvalue weighted by atomic mass is 10.0. The van der Waals surface area contributed by atoms with E-state index < -0.39 is 0 Å². The molecule has 1 aromatic carbocycles. The molecule has 0 aliphatic rings. The SMILES string of the molecule is CCCCCCCCCCCCCCCCCCCCCCCCCCCCOC(=O)c1ccc(C(=O)OCCCCCCCCCCCCCCCCCCCCCCCCCCCC)cc1. The molecule has 0 aliphatic heterocycles. The van der Waals surface area contributed by atoms with Gasteiger partial charge in [0, 0.05) is 0 Å². The number of ether oxygens (including phenoxy) is 2. The topological polar surface area (TPSA) is 52.6 Å². The molecule has 0 heterocycles. The Bertz CT molecular complexity index is 1060. The fraction of sp³-hybridized carbons (Fsp3) is 0.875. The van der Waals surface area contributed by atoms with Gasteiger partial charge in [-0.2, -0.15) is 0 Å². The third-order valence-electron chi connectivity index (χ3n) is 14.8. The molecular weight excluding hydrogens is 833 g/mol. The highest BCUT2D eigenvalue weighted by Gasteiger charge is 2.11. The lowest BCUT2D eigenvalue weighted by Gasteiger charge is -2.07. The Balaban J connectivity index is 1.80. The largest absolute Gasteiger partial charge is 0.462 e. The molecule has 0 atom stereocenters. The van der Waals surface area contributed by atoms with Crippen molar-refractivity contribution in [3.63, 3.8) is 0 Å². The van der Waals surface area contributed by atoms with E-state index in [9.17, 15) is 9.59 Å². The lowest BCUT2D eigenvalue weighted by molar-refractivity contribution is 0.0483. The Kier molecular flexibility index (Phi) is 51.4. The molecule has 0 aliphatic carbocycles. The summed E-state index contributed by atoms with van der Waals surface area (Å²) in [5.74, 6) is -0.620. The van der Waals surface area contributed by atoms with Gasteiger partial charge >= 0.3 is 11.9 Å². The summed E-state index contributed by atoms with van der Waals surface area (Å²) in [5.41, 5.74) is 0.985. The molecule has 4 heteroatoms. The van der Waals surface area contributed by atoms with Crippen molar-refractivity contribution < 1.29 is 19.1 Å². The van der Waals surface area contributed by atoms with Crippen molar-refractivity contribution in [2.45, 2.75) is 348 Å². The first-order valence-electron chi connectivity index (χ1n) is 31.1. The van der Waals surface area contributed by atoms with Crippen molar-refractivity contribution in [3.8, 4) is 0 Å². The van der Waals surface area contributed by atoms with E-state index in [2.05, 4.69) is 13.8 Å². The van der Waals surface area contributed by atoms with Crippen molar-refractivity contribution in [3.05, 3.63) is 35.4 Å². The molecule has 0 aromatic heterocycles. The normalized spacial score (nSPS) is 11.4. The first kappa shape index (κ1) is 64.2. The number of benzene rings is 1. The second-order valence-electron chi connectivity index (χ2n) is 21.5. The summed E-state index contributed by atoms with van der Waals surface area (Å²) >= 11 is 0. The van der Waals surface area contributed by atoms with Crippen LogP contribution in [0.3, 0.4) is 0 Å². The second kappa shape index (κ2) is 54.5. The van der Waals surface area contributed by atoms with E-state index in [4.69, 9.17) is 9.47 Å². The minimum Gasteiger partial charge on any atom is -0.462 e. The van der Waals surface area contributed by atoms with E-state index in [1.165, 1.54) is 308 Å². The van der Waals surface area contributed by atoms with Gasteiger partial charge in [0.2, 0.25) is 0 Å². The Morgan fingerprint density at radius 1 is 0.235 bits per heavy atom. The minimum atomic E-state index is -0.310. The van der Waals surface area contributed by atoms with Gasteiger partial charge in [0.05, 0.1) is 24.3 Å². The fourth-order valence-electron chi connectivity index (χ4n) is 10.1. The van der Waals surface area contributed by atoms with Crippen LogP contribution in [-0.2, 0) is 9.47 Å². The van der Waals surface area contributed by atoms with Crippen LogP contribution in [0.1, 0.15) is 368 Å². The number of rotatable bonds is 56. The molecule has 1 aromatic rings. The molecular formula is C64H118O4. The number of carbonyl (C=O) groups excluding carboxylic acids is 2. The van der Waals surface area contributed by atoms with Crippen molar-refractivity contribution in [1.82, 2.24) is 0 Å². The smallest absolute Gasteiger partial charge is 0.338 e. The summed E-state index contributed by atoms with van der Waals surface area (Å²) in [4.78, 5) is 25.1. The standard InChI is InChI=1S/C64H118O4/c1-3-5-7-9-11-13-15-17-19-21-23-25-27-29-31-33-35-37-39-41-43-45-47-49-51-53-59-67-63(65)61-55-57-62(58-56-61)64(66)68-60-54-52-50-48-46-44-42-40-38-36-34-32-30-28-26-24-22-20-18-16-14-12-10-8-6-4-2/h55-58H,3-54,59-60H2,1-2H3. The third kappa shape index (κ3) is 46.5. The highest BCUT2D eigenvalue weighted by atomic mass is 16.5. The van der Waals surface area contributed by atoms with Crippen LogP contribution in [0.15, 0.2) is 24.3 Å². The summed E-state index contributed by atoms with van der Waals surface area (Å²) in [6.45, 7) is 5.52. The van der Waals surface area contributed by atoms with Crippen LogP contribution in [0.5, 0.6) is 0 Å². The highest BCUT2D eigenvalue weighted by Crippen LogP contribution is 2.19. The van der Waals surface area contributed by atoms with E-state index in [-0.39, 0.29) is 11.9 Å². The van der Waals surface area contributed by atoms with E-state index in [0.29, 0.717) is 24.3 Å². The van der Waals surface area contributed by atoms with Gasteiger partial charge in [-0.05, 0) is 37.1 Å². The van der Waals surface area contributed by atoms with Gasteiger partial charge in [0.25, 0.3) is 0 Å². The van der Waals surface area contributed by atoms with Gasteiger partial charge in [-0.3, -0.25) is 0 Å². The Hall–Kier alpha value is -1.84. The first-order valence-corrected chi connectivity index (χ1v) is 31.1. The van der Waals surface area contributed by atoms with Crippen molar-refractivity contribution >= 4 is 11.9 Å². The van der Waals surface area contributed by atoms with E-state index in [1.54, 1.807) is 24.3 Å². The van der Waals surface area contributed by atoms with Crippen molar-refractivity contribution in [2.75, 3.05) is 13.2 Å². The third-order valence-corrected chi connectivity index (χ3v) is 14.8. The van der Waals surface area contributed by atoms with Crippen molar-refractivity contribution in [1.29, 1.82) is 0 Å². The summed E-state index contributed by atoms with van der Waals surface area (Å²) in [5, 5.41) is 0. The molecule has 0 spiro atoms. The maximum Gasteiger partial charge on any atom is 0.338 e. The molecule has 0 amide bonds. The molecule has 398 valence electrons. The van der Waals surface area contributed by atoms with E-state index >= 15 is 0 Å². The van der Waals surface area contributed by atoms with Crippen LogP contribution in [0.4, 0.5) is 0 Å². The maximum atomic E-state index is 12.5. The van der Waals surface area contributed by atoms with Crippen LogP contribution in [0, 0.1) is 0 Å². The number of esters is 2. The monoisotopic (exact) mass is 951 g/mol. The van der Waals surface area contributed by atoms with Gasteiger partial charge in [-0.1, -0.05) is 335 Å². The molecule has 0 N–H and O–H groups in total. The van der Waals surface area contributed by atoms with Gasteiger partial charge in [0.15, 0.2) is 0 Å². The Morgan fingerprint density at radius 2 is 0.368 bits per heavy atom. The van der Waals surface area contributed by atoms with Gasteiger partial charge in [0.1, 0.15) is 0 Å². The molecule has 0 unspecified atom stereocenters. The zero-order chi connectivity index (χ0) is 48.7. The van der Waals surface area contributed by atoms with Crippen molar-refractivity contribution in [2.24, 2.45) is 0 Å². The number of carbonyl (C=O) groups is 2. The van der Waals surface area contributed by atoms with Crippen LogP contribution in [0.25, 0.3) is 0 Å². The van der Waals surface area contributed by atoms with Gasteiger partial charge < -0.3 is 9.47 Å². The molecule has 68 heavy (non-hydrogen) atoms. The molecule has 0 bridgehead atoms. The van der Waals surface area contributed by atoms with Crippen LogP contribution in [-0.4, -0.2) is 25.2 Å². The summed E-state index contributed by atoms with van der Waals surface area (Å²) < 4.78 is 11.0. The minimum absolute atomic E-state index is 0.310. The van der Waals surface area contributed by atoms with E-state index in [0.717, 1.165) is 25.7 Å². The lowest BCUT2D eigenvalue weighted by Crippen LogP contribution is -2.09. The molecule has 4 nitrogen and oxygen atoms in total. The first-order chi connectivity index (χ1) is 33.7. The number of hydrogen-bond donors (Lipinski definition) is 0. The van der Waals surface area contributed by atoms with Gasteiger partial charge in [-0.25, -0.2) is 9.59 Å². The zero-order valence-corrected chi connectivity index (χ0v) is 46.1. The van der Waals surface area contributed by atoms with Crippen LogP contribution < -0.4 is 0 Å². The second-order valence-corrected chi connectivity index (χ2v) is 21.5. The quantitative estimate of drug-likeness (QED) is 0.0482. The van der Waals surface area contributed by atoms with Gasteiger partial charge in [-0.15, -0.1) is 0 Å². The zero-order valence-electron chi connectivity index (χ0n) is 46.1. The summed E-state index contributed by atoms with van der Waals surface area (Å²) in [6, 6.07) is 6.73. The number of hydrogen-bond acceptors (Lipinski definition) is 4. The maximum absolute atomic E-state index is 12.5. The Morgan fingerprint density at radius 3 is 0.515 bits per heavy atom. The summed E-state index contributed by atoms with van der Waals surface area (Å²) in [7, 11) is 0. The fourth-order valence-corrected chi connectivity index (χ4v) is 10.1. The molecule has 1 rings (SSSR count). The molecule has 0 fully saturated rings. The predicted molar refractivity (Wildman–Crippen MR) is 298 cm³/mol. The number of unbranched alkanes of at least 4 members (excludes halogenated alkanes) is 50. The Labute approximate surface area is 425 Å². The molecule has 0 saturated carbocycles. The average Bonchev–Trinajstić information content (AvgIpc) is 3.35. The summed E-state index contributed by atoms with van der Waals surface area (Å²) in [6.07, 6.45) is 72.0. The average molecular weight is 952 g/mol. The molecule has 0 radical (unpaired) electrons. The predicted octanol–water partition coefficient (Wildman–Crippen LogP) is 22.3. The van der Waals surface area contributed by atoms with Crippen LogP contribution in [0.2, 0.25) is 0 Å². The molecule has 0 saturated heterocycles. The van der Waals surface area contributed by atoms with E-state index in [1.807, 2.05) is 0 Å².